The van der Waals surface area contributed by atoms with E-state index in [1.54, 1.807) is 17.8 Å². The van der Waals surface area contributed by atoms with Crippen LogP contribution in [-0.2, 0) is 9.84 Å². The zero-order valence-electron chi connectivity index (χ0n) is 11.2. The molecule has 0 aromatic carbocycles. The molecule has 1 unspecified atom stereocenters. The van der Waals surface area contributed by atoms with Crippen LogP contribution < -0.4 is 10.6 Å². The van der Waals surface area contributed by atoms with E-state index in [0.717, 1.165) is 13.1 Å². The van der Waals surface area contributed by atoms with Crippen LogP contribution in [0.4, 0.5) is 0 Å². The van der Waals surface area contributed by atoms with Gasteiger partial charge < -0.3 is 10.6 Å². The van der Waals surface area contributed by atoms with Crippen LogP contribution in [-0.4, -0.2) is 59.5 Å². The summed E-state index contributed by atoms with van der Waals surface area (Å²) in [6.07, 6.45) is 2.04. The van der Waals surface area contributed by atoms with Gasteiger partial charge in [-0.05, 0) is 13.3 Å². The minimum atomic E-state index is -3.05. The minimum absolute atomic E-state index is 0.0214. The van der Waals surface area contributed by atoms with Gasteiger partial charge >= 0.3 is 0 Å². The molecule has 2 aliphatic heterocycles. The fourth-order valence-electron chi connectivity index (χ4n) is 2.47. The third-order valence-electron chi connectivity index (χ3n) is 3.80. The van der Waals surface area contributed by atoms with E-state index in [9.17, 15) is 13.2 Å². The molecule has 1 aromatic heterocycles. The smallest absolute Gasteiger partial charge is 0.273 e. The lowest BCUT2D eigenvalue weighted by molar-refractivity contribution is 0.0910. The van der Waals surface area contributed by atoms with Gasteiger partial charge in [-0.2, -0.15) is 0 Å². The van der Waals surface area contributed by atoms with E-state index in [1.807, 2.05) is 0 Å². The number of sulfone groups is 1. The molecule has 8 nitrogen and oxygen atoms in total. The maximum atomic E-state index is 12.1. The zero-order valence-corrected chi connectivity index (χ0v) is 12.0. The number of nitrogens with zero attached hydrogens (tertiary/aromatic N) is 3. The summed E-state index contributed by atoms with van der Waals surface area (Å²) in [6, 6.07) is 0.242. The summed E-state index contributed by atoms with van der Waals surface area (Å²) in [6.45, 7) is 3.39. The van der Waals surface area contributed by atoms with E-state index in [4.69, 9.17) is 0 Å². The van der Waals surface area contributed by atoms with Crippen molar-refractivity contribution in [3.63, 3.8) is 0 Å². The molecular weight excluding hydrogens is 282 g/mol. The number of hydrogen-bond acceptors (Lipinski definition) is 6. The lowest BCUT2D eigenvalue weighted by atomic mass is 10.0. The molecule has 1 atom stereocenters. The second-order valence-corrected chi connectivity index (χ2v) is 7.94. The molecule has 2 N–H and O–H groups in total. The van der Waals surface area contributed by atoms with E-state index in [1.165, 1.54) is 0 Å². The quantitative estimate of drug-likeness (QED) is 0.721. The highest BCUT2D eigenvalue weighted by Crippen LogP contribution is 2.23. The lowest BCUT2D eigenvalue weighted by Crippen LogP contribution is -2.47. The Morgan fingerprint density at radius 1 is 1.55 bits per heavy atom. The third-order valence-corrected chi connectivity index (χ3v) is 5.70. The van der Waals surface area contributed by atoms with Crippen molar-refractivity contribution in [1.82, 2.24) is 25.6 Å². The summed E-state index contributed by atoms with van der Waals surface area (Å²) in [7, 11) is -3.05. The van der Waals surface area contributed by atoms with Gasteiger partial charge in [-0.3, -0.25) is 4.79 Å². The highest BCUT2D eigenvalue weighted by molar-refractivity contribution is 7.91. The molecule has 0 spiro atoms. The highest BCUT2D eigenvalue weighted by Gasteiger charge is 2.40. The maximum absolute atomic E-state index is 12.1. The number of amides is 1. The van der Waals surface area contributed by atoms with E-state index in [-0.39, 0.29) is 29.1 Å². The summed E-state index contributed by atoms with van der Waals surface area (Å²) in [4.78, 5) is 12.1. The van der Waals surface area contributed by atoms with E-state index < -0.39 is 15.4 Å². The second kappa shape index (κ2) is 4.52. The van der Waals surface area contributed by atoms with Crippen molar-refractivity contribution in [2.75, 3.05) is 24.6 Å². The van der Waals surface area contributed by atoms with Gasteiger partial charge in [0, 0.05) is 13.1 Å². The summed E-state index contributed by atoms with van der Waals surface area (Å²) < 4.78 is 24.7. The standard InChI is InChI=1S/C11H17N5O3S/c1-11(2-3-20(18,19)7-11)13-10(17)9-6-16(15-14-9)8-4-12-5-8/h6,8,12H,2-5,7H2,1H3,(H,13,17). The average molecular weight is 299 g/mol. The molecule has 9 heteroatoms. The van der Waals surface area contributed by atoms with Crippen molar-refractivity contribution in [3.05, 3.63) is 11.9 Å². The molecule has 0 bridgehead atoms. The van der Waals surface area contributed by atoms with Crippen molar-refractivity contribution in [3.8, 4) is 0 Å². The van der Waals surface area contributed by atoms with Crippen molar-refractivity contribution in [2.24, 2.45) is 0 Å². The van der Waals surface area contributed by atoms with Gasteiger partial charge in [-0.25, -0.2) is 13.1 Å². The number of carbonyl (C=O) groups excluding carboxylic acids is 1. The summed E-state index contributed by atoms with van der Waals surface area (Å²) in [5, 5.41) is 13.7. The molecule has 2 fully saturated rings. The first-order valence-electron chi connectivity index (χ1n) is 6.52. The van der Waals surface area contributed by atoms with Crippen molar-refractivity contribution < 1.29 is 13.2 Å². The van der Waals surface area contributed by atoms with Crippen LogP contribution in [0.3, 0.4) is 0 Å². The largest absolute Gasteiger partial charge is 0.344 e. The van der Waals surface area contributed by atoms with Crippen LogP contribution in [0.15, 0.2) is 6.20 Å². The second-order valence-electron chi connectivity index (χ2n) is 5.75. The first-order chi connectivity index (χ1) is 9.37. The summed E-state index contributed by atoms with van der Waals surface area (Å²) >= 11 is 0. The molecule has 2 aliphatic rings. The zero-order chi connectivity index (χ0) is 14.4. The molecule has 0 aliphatic carbocycles. The molecule has 3 rings (SSSR count). The Bertz CT molecular complexity index is 636. The fourth-order valence-corrected chi connectivity index (χ4v) is 4.56. The van der Waals surface area contributed by atoms with Gasteiger partial charge in [0.15, 0.2) is 15.5 Å². The van der Waals surface area contributed by atoms with Gasteiger partial charge in [0.2, 0.25) is 0 Å². The Labute approximate surface area is 116 Å². The van der Waals surface area contributed by atoms with E-state index in [0.29, 0.717) is 6.42 Å². The van der Waals surface area contributed by atoms with Gasteiger partial charge in [-0.1, -0.05) is 5.21 Å². The molecule has 3 heterocycles. The number of carbonyl (C=O) groups is 1. The van der Waals surface area contributed by atoms with E-state index in [2.05, 4.69) is 20.9 Å². The molecule has 110 valence electrons. The molecule has 20 heavy (non-hydrogen) atoms. The fraction of sp³-hybridized carbons (Fsp3) is 0.727. The van der Waals surface area contributed by atoms with Crippen LogP contribution in [0.1, 0.15) is 29.9 Å². The Kier molecular flexibility index (Phi) is 3.05. The molecule has 0 saturated carbocycles. The SMILES string of the molecule is CC1(NC(=O)c2cn(C3CNC3)nn2)CCS(=O)(=O)C1. The number of rotatable bonds is 3. The van der Waals surface area contributed by atoms with Crippen molar-refractivity contribution in [1.29, 1.82) is 0 Å². The first kappa shape index (κ1) is 13.5. The number of aromatic nitrogens is 3. The Hall–Kier alpha value is -1.48. The van der Waals surface area contributed by atoms with Gasteiger partial charge in [0.25, 0.3) is 5.91 Å². The monoisotopic (exact) mass is 299 g/mol. The Balaban J connectivity index is 1.68. The van der Waals surface area contributed by atoms with Crippen LogP contribution >= 0.6 is 0 Å². The minimum Gasteiger partial charge on any atom is -0.344 e. The van der Waals surface area contributed by atoms with Crippen LogP contribution in [0.5, 0.6) is 0 Å². The lowest BCUT2D eigenvalue weighted by Gasteiger charge is -2.26. The topological polar surface area (TPSA) is 106 Å². The Morgan fingerprint density at radius 2 is 2.30 bits per heavy atom. The van der Waals surface area contributed by atoms with Crippen molar-refractivity contribution in [2.45, 2.75) is 24.9 Å². The third kappa shape index (κ3) is 2.55. The average Bonchev–Trinajstić information content (AvgIpc) is 2.82. The molecular formula is C11H17N5O3S. The van der Waals surface area contributed by atoms with Crippen LogP contribution in [0, 0.1) is 0 Å². The number of nitrogens with one attached hydrogen (secondary N) is 2. The highest BCUT2D eigenvalue weighted by atomic mass is 32.2. The van der Waals surface area contributed by atoms with Crippen LogP contribution in [0.25, 0.3) is 0 Å². The molecule has 2 saturated heterocycles. The van der Waals surface area contributed by atoms with Gasteiger partial charge in [0.05, 0.1) is 29.3 Å². The van der Waals surface area contributed by atoms with Gasteiger partial charge in [-0.15, -0.1) is 5.10 Å². The number of hydrogen-bond donors (Lipinski definition) is 2. The molecule has 0 radical (unpaired) electrons. The summed E-state index contributed by atoms with van der Waals surface area (Å²) in [5.74, 6) is -0.278. The van der Waals surface area contributed by atoms with Crippen molar-refractivity contribution >= 4 is 15.7 Å². The predicted molar refractivity (Wildman–Crippen MR) is 71.1 cm³/mol. The first-order valence-corrected chi connectivity index (χ1v) is 8.35. The molecule has 1 amide bonds. The Morgan fingerprint density at radius 3 is 2.85 bits per heavy atom. The van der Waals surface area contributed by atoms with Crippen LogP contribution in [0.2, 0.25) is 0 Å². The van der Waals surface area contributed by atoms with Gasteiger partial charge in [0.1, 0.15) is 0 Å². The summed E-state index contributed by atoms with van der Waals surface area (Å²) in [5.41, 5.74) is -0.486. The molecule has 1 aromatic rings. The maximum Gasteiger partial charge on any atom is 0.273 e. The normalized spacial score (nSPS) is 29.1. The van der Waals surface area contributed by atoms with E-state index >= 15 is 0 Å². The predicted octanol–water partition coefficient (Wildman–Crippen LogP) is -1.27.